The van der Waals surface area contributed by atoms with Gasteiger partial charge >= 0.3 is 0 Å². The van der Waals surface area contributed by atoms with Crippen molar-refractivity contribution in [2.75, 3.05) is 18.0 Å². The molecule has 33 heavy (non-hydrogen) atoms. The summed E-state index contributed by atoms with van der Waals surface area (Å²) in [6, 6.07) is 3.41. The molecule has 10 heteroatoms. The lowest BCUT2D eigenvalue weighted by molar-refractivity contribution is -0.0178. The molecule has 0 unspecified atom stereocenters. The van der Waals surface area contributed by atoms with E-state index in [2.05, 4.69) is 20.1 Å². The van der Waals surface area contributed by atoms with Gasteiger partial charge in [0.2, 0.25) is 5.95 Å². The third-order valence-electron chi connectivity index (χ3n) is 5.76. The van der Waals surface area contributed by atoms with Crippen LogP contribution < -0.4 is 4.90 Å². The number of fused-ring (bicyclic) bond motifs is 1. The molecule has 4 aromatic rings. The minimum Gasteiger partial charge on any atom is -0.367 e. The van der Waals surface area contributed by atoms with Crippen molar-refractivity contribution >= 4 is 17.1 Å². The quantitative estimate of drug-likeness (QED) is 0.470. The van der Waals surface area contributed by atoms with Crippen LogP contribution in [0.25, 0.3) is 22.4 Å². The van der Waals surface area contributed by atoms with Gasteiger partial charge in [-0.3, -0.25) is 4.68 Å². The van der Waals surface area contributed by atoms with E-state index in [4.69, 9.17) is 9.72 Å². The first-order valence-corrected chi connectivity index (χ1v) is 10.7. The summed E-state index contributed by atoms with van der Waals surface area (Å²) in [6.07, 6.45) is 3.37. The number of aryl methyl sites for hydroxylation is 3. The summed E-state index contributed by atoms with van der Waals surface area (Å²) in [4.78, 5) is 20.5. The molecule has 170 valence electrons. The number of hydrogen-bond donors (Lipinski definition) is 0. The Labute approximate surface area is 189 Å². The van der Waals surface area contributed by atoms with Crippen molar-refractivity contribution in [1.29, 1.82) is 0 Å². The van der Waals surface area contributed by atoms with E-state index in [0.717, 1.165) is 17.3 Å². The second-order valence-electron chi connectivity index (χ2n) is 8.35. The maximum atomic E-state index is 14.8. The van der Waals surface area contributed by atoms with E-state index < -0.39 is 11.6 Å². The summed E-state index contributed by atoms with van der Waals surface area (Å²) in [7, 11) is 1.85. The molecule has 3 aromatic heterocycles. The van der Waals surface area contributed by atoms with E-state index in [1.165, 1.54) is 12.1 Å². The van der Waals surface area contributed by atoms with Crippen molar-refractivity contribution < 1.29 is 13.5 Å². The third kappa shape index (κ3) is 4.02. The molecule has 0 saturated carbocycles. The fourth-order valence-corrected chi connectivity index (χ4v) is 4.02. The molecule has 2 atom stereocenters. The normalized spacial score (nSPS) is 18.8. The zero-order valence-electron chi connectivity index (χ0n) is 18.8. The molecular formula is C23H23F2N7O. The van der Waals surface area contributed by atoms with Crippen molar-refractivity contribution in [2.24, 2.45) is 7.05 Å². The molecule has 0 amide bonds. The lowest BCUT2D eigenvalue weighted by atomic mass is 10.1. The molecule has 1 fully saturated rings. The van der Waals surface area contributed by atoms with Gasteiger partial charge in [0, 0.05) is 37.0 Å². The molecule has 0 bridgehead atoms. The van der Waals surface area contributed by atoms with Gasteiger partial charge in [0.05, 0.1) is 30.2 Å². The first kappa shape index (κ1) is 21.3. The summed E-state index contributed by atoms with van der Waals surface area (Å²) in [5.74, 6) is -0.985. The van der Waals surface area contributed by atoms with Crippen LogP contribution in [0, 0.1) is 25.5 Å². The van der Waals surface area contributed by atoms with Gasteiger partial charge in [-0.05, 0) is 32.9 Å². The second-order valence-corrected chi connectivity index (χ2v) is 8.35. The zero-order chi connectivity index (χ0) is 23.3. The molecular weight excluding hydrogens is 428 g/mol. The SMILES string of the molecule is Cc1nc2nc(N3C[C@H](C)O[C@@H](c4cnn(C)c4)C3)nc(-c3ccc(F)cc3F)c2nc1C. The highest BCUT2D eigenvalue weighted by atomic mass is 19.1. The Balaban J connectivity index is 1.64. The van der Waals surface area contributed by atoms with E-state index in [9.17, 15) is 8.78 Å². The summed E-state index contributed by atoms with van der Waals surface area (Å²) in [6.45, 7) is 6.68. The maximum absolute atomic E-state index is 14.8. The van der Waals surface area contributed by atoms with Gasteiger partial charge in [0.25, 0.3) is 0 Å². The lowest BCUT2D eigenvalue weighted by Gasteiger charge is -2.36. The molecule has 1 aliphatic heterocycles. The fourth-order valence-electron chi connectivity index (χ4n) is 4.02. The van der Waals surface area contributed by atoms with Crippen molar-refractivity contribution in [3.05, 3.63) is 59.2 Å². The number of rotatable bonds is 3. The average Bonchev–Trinajstić information content (AvgIpc) is 3.20. The van der Waals surface area contributed by atoms with E-state index in [1.54, 1.807) is 10.9 Å². The van der Waals surface area contributed by atoms with Crippen LogP contribution in [0.1, 0.15) is 30.0 Å². The molecule has 0 aliphatic carbocycles. The van der Waals surface area contributed by atoms with Gasteiger partial charge in [-0.2, -0.15) is 10.1 Å². The highest BCUT2D eigenvalue weighted by molar-refractivity contribution is 5.88. The zero-order valence-corrected chi connectivity index (χ0v) is 18.8. The fraction of sp³-hybridized carbons (Fsp3) is 0.348. The smallest absolute Gasteiger partial charge is 0.228 e. The van der Waals surface area contributed by atoms with Crippen LogP contribution in [-0.4, -0.2) is 48.9 Å². The average molecular weight is 451 g/mol. The van der Waals surface area contributed by atoms with Gasteiger partial charge in [-0.15, -0.1) is 0 Å². The predicted molar refractivity (Wildman–Crippen MR) is 119 cm³/mol. The number of benzene rings is 1. The highest BCUT2D eigenvalue weighted by Crippen LogP contribution is 2.32. The van der Waals surface area contributed by atoms with Crippen molar-refractivity contribution in [2.45, 2.75) is 33.0 Å². The van der Waals surface area contributed by atoms with Gasteiger partial charge in [-0.1, -0.05) is 0 Å². The first-order chi connectivity index (χ1) is 15.8. The summed E-state index contributed by atoms with van der Waals surface area (Å²) in [5, 5.41) is 4.24. The Hall–Kier alpha value is -3.53. The minimum absolute atomic E-state index is 0.0971. The van der Waals surface area contributed by atoms with Crippen LogP contribution in [-0.2, 0) is 11.8 Å². The number of ether oxygens (including phenoxy) is 1. The van der Waals surface area contributed by atoms with Crippen LogP contribution in [0.4, 0.5) is 14.7 Å². The minimum atomic E-state index is -0.718. The molecule has 4 heterocycles. The third-order valence-corrected chi connectivity index (χ3v) is 5.76. The molecule has 0 radical (unpaired) electrons. The van der Waals surface area contributed by atoms with Gasteiger partial charge in [-0.25, -0.2) is 23.7 Å². The predicted octanol–water partition coefficient (Wildman–Crippen LogP) is 3.68. The van der Waals surface area contributed by atoms with Crippen molar-refractivity contribution in [3.63, 3.8) is 0 Å². The molecule has 1 saturated heterocycles. The summed E-state index contributed by atoms with van der Waals surface area (Å²) >= 11 is 0. The topological polar surface area (TPSA) is 81.9 Å². The van der Waals surface area contributed by atoms with Crippen LogP contribution in [0.5, 0.6) is 0 Å². The second kappa shape index (κ2) is 8.11. The molecule has 1 aromatic carbocycles. The summed E-state index contributed by atoms with van der Waals surface area (Å²) in [5.41, 5.74) is 3.52. The van der Waals surface area contributed by atoms with Gasteiger partial charge < -0.3 is 9.64 Å². The number of aromatic nitrogens is 6. The number of hydrogen-bond acceptors (Lipinski definition) is 7. The molecule has 8 nitrogen and oxygen atoms in total. The van der Waals surface area contributed by atoms with Gasteiger partial charge in [0.1, 0.15) is 28.9 Å². The standard InChI is InChI=1S/C23H23F2N7O/c1-12-9-32(11-19(33-12)15-8-26-31(4)10-15)23-29-20(17-6-5-16(24)7-18(17)25)21-22(30-23)28-14(3)13(2)27-21/h5-8,10,12,19H,9,11H2,1-4H3/t12-,19+/m0/s1. The Morgan fingerprint density at radius 2 is 1.82 bits per heavy atom. The monoisotopic (exact) mass is 451 g/mol. The largest absolute Gasteiger partial charge is 0.367 e. The highest BCUT2D eigenvalue weighted by Gasteiger charge is 2.30. The Morgan fingerprint density at radius 3 is 2.55 bits per heavy atom. The Bertz CT molecular complexity index is 1360. The number of anilines is 1. The van der Waals surface area contributed by atoms with Crippen LogP contribution >= 0.6 is 0 Å². The van der Waals surface area contributed by atoms with Gasteiger partial charge in [0.15, 0.2) is 5.65 Å². The van der Waals surface area contributed by atoms with Crippen molar-refractivity contribution in [1.82, 2.24) is 29.7 Å². The van der Waals surface area contributed by atoms with Crippen LogP contribution in [0.15, 0.2) is 30.6 Å². The molecule has 5 rings (SSSR count). The maximum Gasteiger partial charge on any atom is 0.228 e. The van der Waals surface area contributed by atoms with E-state index in [1.807, 2.05) is 38.9 Å². The first-order valence-electron chi connectivity index (χ1n) is 10.7. The number of halogens is 2. The van der Waals surface area contributed by atoms with Crippen LogP contribution in [0.2, 0.25) is 0 Å². The summed E-state index contributed by atoms with van der Waals surface area (Å²) < 4.78 is 36.2. The number of nitrogens with zero attached hydrogens (tertiary/aromatic N) is 7. The molecule has 0 spiro atoms. The van der Waals surface area contributed by atoms with E-state index in [-0.39, 0.29) is 23.5 Å². The number of morpholine rings is 1. The van der Waals surface area contributed by atoms with E-state index >= 15 is 0 Å². The van der Waals surface area contributed by atoms with E-state index in [0.29, 0.717) is 35.9 Å². The Kier molecular flexibility index (Phi) is 5.24. The molecule has 0 N–H and O–H groups in total. The lowest BCUT2D eigenvalue weighted by Crippen LogP contribution is -2.43. The van der Waals surface area contributed by atoms with Crippen LogP contribution in [0.3, 0.4) is 0 Å². The Morgan fingerprint density at radius 1 is 1.03 bits per heavy atom. The molecule has 1 aliphatic rings. The van der Waals surface area contributed by atoms with Crippen molar-refractivity contribution in [3.8, 4) is 11.3 Å².